The van der Waals surface area contributed by atoms with E-state index in [1.165, 1.54) is 36.4 Å². The molecule has 11 nitrogen and oxygen atoms in total. The fourth-order valence-corrected chi connectivity index (χ4v) is 4.63. The molecule has 3 amide bonds. The Morgan fingerprint density at radius 3 is 2.50 bits per heavy atom. The number of carbonyl (C=O) groups excluding carboxylic acids is 3. The predicted octanol–water partition coefficient (Wildman–Crippen LogP) is 2.99. The van der Waals surface area contributed by atoms with Gasteiger partial charge in [-0.1, -0.05) is 0 Å². The molecule has 1 aromatic carbocycles. The number of nitrogens with two attached hydrogens (primary N) is 1. The number of benzene rings is 1. The van der Waals surface area contributed by atoms with E-state index in [9.17, 15) is 27.4 Å². The van der Waals surface area contributed by atoms with Crippen molar-refractivity contribution in [1.29, 1.82) is 0 Å². The maximum Gasteiger partial charge on any atom is 0.253 e. The van der Waals surface area contributed by atoms with Crippen molar-refractivity contribution in [3.8, 4) is 22.8 Å². The lowest BCUT2D eigenvalue weighted by atomic mass is 10.0. The number of anilines is 2. The number of pyridine rings is 2. The van der Waals surface area contributed by atoms with Crippen LogP contribution in [-0.2, 0) is 30.9 Å². The Morgan fingerprint density at radius 2 is 1.79 bits per heavy atom. The number of halogens is 2. The Kier molecular flexibility index (Phi) is 9.91. The molecule has 0 spiro atoms. The lowest BCUT2D eigenvalue weighted by molar-refractivity contribution is -0.137. The van der Waals surface area contributed by atoms with Gasteiger partial charge < -0.3 is 20.5 Å². The zero-order valence-corrected chi connectivity index (χ0v) is 23.3. The summed E-state index contributed by atoms with van der Waals surface area (Å²) >= 11 is 0. The largest absolute Gasteiger partial charge is 0.493 e. The first-order chi connectivity index (χ1) is 20.1. The summed E-state index contributed by atoms with van der Waals surface area (Å²) in [6.07, 6.45) is 5.56. The number of fused-ring (bicyclic) bond motifs is 6. The summed E-state index contributed by atoms with van der Waals surface area (Å²) in [5.74, 6) is -0.603. The quantitative estimate of drug-likeness (QED) is 0.421. The first-order valence-corrected chi connectivity index (χ1v) is 14.4. The molecule has 1 atom stereocenters. The lowest BCUT2D eigenvalue weighted by Crippen LogP contribution is -2.33. The van der Waals surface area contributed by atoms with E-state index in [2.05, 4.69) is 15.3 Å². The minimum Gasteiger partial charge on any atom is -0.493 e. The van der Waals surface area contributed by atoms with Crippen molar-refractivity contribution >= 4 is 40.2 Å². The Labute approximate surface area is 242 Å². The first-order valence-electron chi connectivity index (χ1n) is 12.7. The molecule has 2 aromatic heterocycles. The normalized spacial score (nSPS) is 14.8. The van der Waals surface area contributed by atoms with Gasteiger partial charge in [0.15, 0.2) is 0 Å². The molecule has 0 aliphatic carbocycles. The highest BCUT2D eigenvalue weighted by Gasteiger charge is 2.23. The second-order valence-corrected chi connectivity index (χ2v) is 10.6. The molecule has 0 radical (unpaired) electrons. The number of ether oxygens (including phenoxy) is 2. The Morgan fingerprint density at radius 1 is 1.05 bits per heavy atom. The molecule has 220 valence electrons. The van der Waals surface area contributed by atoms with E-state index < -0.39 is 28.3 Å². The second kappa shape index (κ2) is 13.8. The van der Waals surface area contributed by atoms with Crippen molar-refractivity contribution in [3.63, 3.8) is 0 Å². The van der Waals surface area contributed by atoms with Gasteiger partial charge in [-0.05, 0) is 29.8 Å². The molecule has 3 aromatic rings. The molecular formula is C28H27F2N5O6S. The first kappa shape index (κ1) is 30.2. The molecule has 3 N–H and O–H groups in total. The highest BCUT2D eigenvalue weighted by atomic mass is 32.2. The van der Waals surface area contributed by atoms with Crippen LogP contribution in [0.4, 0.5) is 20.4 Å². The second-order valence-electron chi connectivity index (χ2n) is 9.16. The van der Waals surface area contributed by atoms with Crippen molar-refractivity contribution in [2.24, 2.45) is 5.73 Å². The highest BCUT2D eigenvalue weighted by Crippen LogP contribution is 2.34. The van der Waals surface area contributed by atoms with Gasteiger partial charge in [0.05, 0.1) is 19.4 Å². The average molecular weight is 600 g/mol. The molecule has 5 rings (SSSR count). The number of aromatic nitrogens is 2. The summed E-state index contributed by atoms with van der Waals surface area (Å²) in [6, 6.07) is 8.95. The monoisotopic (exact) mass is 599 g/mol. The zero-order chi connectivity index (χ0) is 30.2. The molecule has 42 heavy (non-hydrogen) atoms. The number of amides is 3. The van der Waals surface area contributed by atoms with E-state index in [1.54, 1.807) is 18.4 Å². The van der Waals surface area contributed by atoms with Crippen molar-refractivity contribution in [2.45, 2.75) is 18.6 Å². The SMILES string of the molecule is CS(=O)Cc1cc2nc(c1)OCCCOc1cc(F)ccc1-c1cc(ncc1F)N2.NC(=O)CCN1C(=O)C=CC1=O. The Hall–Kier alpha value is -4.72. The number of rotatable bonds is 5. The van der Waals surface area contributed by atoms with E-state index in [0.717, 1.165) is 16.7 Å². The molecular weight excluding hydrogens is 572 g/mol. The standard InChI is InChI=1S/C21H19F2N3O3S.C7H8N2O3/c1-30(27)12-13-7-20-25-19-10-16(17(23)11-24-19)15-4-3-14(22)9-18(15)28-5-2-6-29-21(8-13)26-20;8-5(10)3-4-9-6(11)1-2-7(9)12/h3-4,7-11H,2,5-6,12H2,1H3,(H,24,25,26);1-2H,3-4H2,(H2,8,10). The summed E-state index contributed by atoms with van der Waals surface area (Å²) < 4.78 is 51.4. The van der Waals surface area contributed by atoms with Crippen LogP contribution in [-0.4, -0.2) is 62.8 Å². The van der Waals surface area contributed by atoms with Crippen LogP contribution in [0.15, 0.2) is 54.7 Å². The fourth-order valence-electron chi connectivity index (χ4n) is 3.99. The minimum absolute atomic E-state index is 0.0131. The zero-order valence-electron chi connectivity index (χ0n) is 22.5. The number of imide groups is 1. The van der Waals surface area contributed by atoms with Gasteiger partial charge in [0.2, 0.25) is 11.8 Å². The van der Waals surface area contributed by atoms with Crippen LogP contribution in [0.2, 0.25) is 0 Å². The van der Waals surface area contributed by atoms with Crippen LogP contribution in [0.3, 0.4) is 0 Å². The maximum absolute atomic E-state index is 14.6. The minimum atomic E-state index is -1.04. The van der Waals surface area contributed by atoms with Crippen molar-refractivity contribution < 1.29 is 36.8 Å². The molecule has 0 fully saturated rings. The summed E-state index contributed by atoms with van der Waals surface area (Å²) in [5, 5.41) is 3.04. The van der Waals surface area contributed by atoms with Gasteiger partial charge in [-0.3, -0.25) is 23.5 Å². The third kappa shape index (κ3) is 8.16. The third-order valence-corrected chi connectivity index (χ3v) is 6.60. The predicted molar refractivity (Wildman–Crippen MR) is 150 cm³/mol. The Bertz CT molecular complexity index is 1550. The van der Waals surface area contributed by atoms with Crippen LogP contribution in [0, 0.1) is 11.6 Å². The van der Waals surface area contributed by atoms with Gasteiger partial charge in [0, 0.05) is 77.6 Å². The number of hydrogen-bond acceptors (Lipinski definition) is 9. The van der Waals surface area contributed by atoms with E-state index in [0.29, 0.717) is 41.9 Å². The van der Waals surface area contributed by atoms with Crippen LogP contribution in [0.5, 0.6) is 11.6 Å². The van der Waals surface area contributed by atoms with Gasteiger partial charge in [-0.25, -0.2) is 13.8 Å². The number of carbonyl (C=O) groups is 3. The van der Waals surface area contributed by atoms with Crippen molar-refractivity contribution in [3.05, 3.63) is 71.9 Å². The topological polar surface area (TPSA) is 154 Å². The molecule has 14 heteroatoms. The highest BCUT2D eigenvalue weighted by molar-refractivity contribution is 7.83. The summed E-state index contributed by atoms with van der Waals surface area (Å²) in [5.41, 5.74) is 6.28. The van der Waals surface area contributed by atoms with E-state index >= 15 is 0 Å². The molecule has 4 heterocycles. The summed E-state index contributed by atoms with van der Waals surface area (Å²) in [6.45, 7) is 0.632. The lowest BCUT2D eigenvalue weighted by Gasteiger charge is -2.16. The van der Waals surface area contributed by atoms with E-state index in [1.807, 2.05) is 0 Å². The van der Waals surface area contributed by atoms with Crippen LogP contribution < -0.4 is 20.5 Å². The number of nitrogens with zero attached hydrogens (tertiary/aromatic N) is 3. The smallest absolute Gasteiger partial charge is 0.253 e. The van der Waals surface area contributed by atoms with Gasteiger partial charge in [-0.15, -0.1) is 0 Å². The van der Waals surface area contributed by atoms with Gasteiger partial charge in [0.25, 0.3) is 11.8 Å². The maximum atomic E-state index is 14.6. The van der Waals surface area contributed by atoms with Crippen LogP contribution in [0.1, 0.15) is 18.4 Å². The van der Waals surface area contributed by atoms with Crippen LogP contribution in [0.25, 0.3) is 11.1 Å². The average Bonchev–Trinajstić information content (AvgIpc) is 3.25. The summed E-state index contributed by atoms with van der Waals surface area (Å²) in [7, 11) is -1.04. The summed E-state index contributed by atoms with van der Waals surface area (Å²) in [4.78, 5) is 41.5. The number of nitrogens with one attached hydrogen (secondary N) is 1. The third-order valence-electron chi connectivity index (χ3n) is 5.86. The van der Waals surface area contributed by atoms with Gasteiger partial charge in [0.1, 0.15) is 29.0 Å². The molecule has 0 saturated heterocycles. The number of hydrogen-bond donors (Lipinski definition) is 2. The van der Waals surface area contributed by atoms with Crippen LogP contribution >= 0.6 is 0 Å². The Balaban J connectivity index is 0.000000283. The van der Waals surface area contributed by atoms with E-state index in [-0.39, 0.29) is 42.7 Å². The number of primary amides is 1. The molecule has 2 aliphatic heterocycles. The van der Waals surface area contributed by atoms with Crippen molar-refractivity contribution in [1.82, 2.24) is 14.9 Å². The van der Waals surface area contributed by atoms with Gasteiger partial charge in [-0.2, -0.15) is 4.98 Å². The van der Waals surface area contributed by atoms with E-state index in [4.69, 9.17) is 15.2 Å². The molecule has 2 aliphatic rings. The molecule has 0 saturated carbocycles. The van der Waals surface area contributed by atoms with Gasteiger partial charge >= 0.3 is 0 Å². The van der Waals surface area contributed by atoms with Crippen molar-refractivity contribution in [2.75, 3.05) is 31.3 Å². The molecule has 1 unspecified atom stereocenters. The molecule has 4 bridgehead atoms. The fraction of sp³-hybridized carbons (Fsp3) is 0.250.